The zero-order valence-electron chi connectivity index (χ0n) is 20.6. The van der Waals surface area contributed by atoms with E-state index in [0.717, 1.165) is 46.8 Å². The van der Waals surface area contributed by atoms with Crippen molar-refractivity contribution in [1.82, 2.24) is 19.3 Å². The van der Waals surface area contributed by atoms with Gasteiger partial charge in [-0.1, -0.05) is 30.3 Å². The van der Waals surface area contributed by atoms with E-state index < -0.39 is 0 Å². The maximum Gasteiger partial charge on any atom is 0.275 e. The Labute approximate surface area is 212 Å². The fourth-order valence-electron chi connectivity index (χ4n) is 5.04. The maximum atomic E-state index is 12.8. The molecule has 0 radical (unpaired) electrons. The lowest BCUT2D eigenvalue weighted by Crippen LogP contribution is -2.33. The Kier molecular flexibility index (Phi) is 5.60. The summed E-state index contributed by atoms with van der Waals surface area (Å²) in [5.41, 5.74) is 3.93. The highest BCUT2D eigenvalue weighted by molar-refractivity contribution is 5.93. The number of nitrogens with one attached hydrogen (secondary N) is 1. The summed E-state index contributed by atoms with van der Waals surface area (Å²) < 4.78 is 8.97. The Hall–Kier alpha value is -4.66. The van der Waals surface area contributed by atoms with Gasteiger partial charge in [-0.2, -0.15) is 5.10 Å². The van der Waals surface area contributed by atoms with Gasteiger partial charge in [0.1, 0.15) is 18.1 Å². The van der Waals surface area contributed by atoms with Gasteiger partial charge in [-0.3, -0.25) is 9.59 Å². The molecule has 0 saturated carbocycles. The standard InChI is InChI=1S/C28H26N6O3/c1-18-20-7-3-4-8-21(20)28(36)34(31-18)17-27(35)29-19-11-12-23-22(15-19)30-26-16-32(13-14-33(23)26)24-9-5-6-10-25(24)37-2/h3-12,15H,13-14,16-17H2,1-2H3,(H,29,35). The third kappa shape index (κ3) is 4.08. The first-order valence-corrected chi connectivity index (χ1v) is 12.2. The summed E-state index contributed by atoms with van der Waals surface area (Å²) in [5, 5.41) is 8.57. The molecule has 1 amide bonds. The van der Waals surface area contributed by atoms with Crippen molar-refractivity contribution in [2.75, 3.05) is 23.9 Å². The van der Waals surface area contributed by atoms with Crippen molar-refractivity contribution in [2.45, 2.75) is 26.6 Å². The fourth-order valence-corrected chi connectivity index (χ4v) is 5.04. The van der Waals surface area contributed by atoms with Gasteiger partial charge >= 0.3 is 0 Å². The van der Waals surface area contributed by atoms with Crippen LogP contribution in [0.25, 0.3) is 21.8 Å². The SMILES string of the molecule is COc1ccccc1N1CCn2c(nc3cc(NC(=O)Cn4nc(C)c5ccccc5c4=O)ccc32)C1. The number of rotatable bonds is 5. The highest BCUT2D eigenvalue weighted by Gasteiger charge is 2.22. The summed E-state index contributed by atoms with van der Waals surface area (Å²) in [6.07, 6.45) is 0. The van der Waals surface area contributed by atoms with E-state index in [4.69, 9.17) is 9.72 Å². The number of carbonyl (C=O) groups is 1. The van der Waals surface area contributed by atoms with Gasteiger partial charge in [0.25, 0.3) is 5.56 Å². The van der Waals surface area contributed by atoms with Gasteiger partial charge < -0.3 is 19.5 Å². The number of aromatic nitrogens is 4. The molecule has 0 unspecified atom stereocenters. The van der Waals surface area contributed by atoms with Gasteiger partial charge in [-0.15, -0.1) is 0 Å². The second-order valence-electron chi connectivity index (χ2n) is 9.12. The highest BCUT2D eigenvalue weighted by Crippen LogP contribution is 2.32. The number of aryl methyl sites for hydroxylation is 1. The molecule has 9 nitrogen and oxygen atoms in total. The number of amides is 1. The molecular weight excluding hydrogens is 468 g/mol. The van der Waals surface area contributed by atoms with E-state index >= 15 is 0 Å². The molecule has 3 aromatic carbocycles. The molecule has 37 heavy (non-hydrogen) atoms. The Bertz CT molecular complexity index is 1720. The lowest BCUT2D eigenvalue weighted by Gasteiger charge is -2.30. The van der Waals surface area contributed by atoms with E-state index in [1.54, 1.807) is 13.2 Å². The average molecular weight is 495 g/mol. The van der Waals surface area contributed by atoms with Crippen molar-refractivity contribution in [1.29, 1.82) is 0 Å². The first-order valence-electron chi connectivity index (χ1n) is 12.2. The van der Waals surface area contributed by atoms with Gasteiger partial charge in [0.05, 0.1) is 41.5 Å². The minimum Gasteiger partial charge on any atom is -0.495 e. The molecule has 1 aliphatic rings. The molecule has 1 N–H and O–H groups in total. The van der Waals surface area contributed by atoms with Gasteiger partial charge in [-0.05, 0) is 43.3 Å². The number of methoxy groups -OCH3 is 1. The van der Waals surface area contributed by atoms with E-state index in [0.29, 0.717) is 23.3 Å². The van der Waals surface area contributed by atoms with Crippen molar-refractivity contribution in [3.63, 3.8) is 0 Å². The molecule has 5 aromatic rings. The largest absolute Gasteiger partial charge is 0.495 e. The molecular formula is C28H26N6O3. The number of benzene rings is 3. The van der Waals surface area contributed by atoms with E-state index in [1.165, 1.54) is 4.68 Å². The van der Waals surface area contributed by atoms with Crippen molar-refractivity contribution >= 4 is 39.1 Å². The summed E-state index contributed by atoms with van der Waals surface area (Å²) >= 11 is 0. The van der Waals surface area contributed by atoms with Crippen molar-refractivity contribution < 1.29 is 9.53 Å². The van der Waals surface area contributed by atoms with Crippen LogP contribution in [0.3, 0.4) is 0 Å². The maximum absolute atomic E-state index is 12.8. The first-order chi connectivity index (χ1) is 18.0. The number of carbonyl (C=O) groups excluding carboxylic acids is 1. The number of nitrogens with zero attached hydrogens (tertiary/aromatic N) is 5. The topological polar surface area (TPSA) is 94.3 Å². The molecule has 9 heteroatoms. The van der Waals surface area contributed by atoms with Crippen LogP contribution in [0.1, 0.15) is 11.5 Å². The third-order valence-corrected chi connectivity index (χ3v) is 6.81. The Morgan fingerprint density at radius 3 is 2.65 bits per heavy atom. The smallest absolute Gasteiger partial charge is 0.275 e. The summed E-state index contributed by atoms with van der Waals surface area (Å²) in [6, 6.07) is 21.0. The lowest BCUT2D eigenvalue weighted by atomic mass is 10.1. The average Bonchev–Trinajstić information content (AvgIpc) is 3.28. The predicted octanol–water partition coefficient (Wildman–Crippen LogP) is 3.72. The van der Waals surface area contributed by atoms with E-state index in [-0.39, 0.29) is 18.0 Å². The second-order valence-corrected chi connectivity index (χ2v) is 9.12. The second kappa shape index (κ2) is 9.09. The van der Waals surface area contributed by atoms with Crippen molar-refractivity contribution in [3.8, 4) is 5.75 Å². The minimum absolute atomic E-state index is 0.171. The summed E-state index contributed by atoms with van der Waals surface area (Å²) in [4.78, 5) is 32.8. The normalized spacial score (nSPS) is 13.1. The summed E-state index contributed by atoms with van der Waals surface area (Å²) in [5.74, 6) is 1.47. The monoisotopic (exact) mass is 494 g/mol. The Balaban J connectivity index is 1.22. The Morgan fingerprint density at radius 2 is 1.81 bits per heavy atom. The Morgan fingerprint density at radius 1 is 1.03 bits per heavy atom. The number of fused-ring (bicyclic) bond motifs is 4. The van der Waals surface area contributed by atoms with Gasteiger partial charge in [0.15, 0.2) is 0 Å². The molecule has 0 bridgehead atoms. The number of hydrogen-bond donors (Lipinski definition) is 1. The van der Waals surface area contributed by atoms with E-state index in [2.05, 4.69) is 25.9 Å². The van der Waals surface area contributed by atoms with Gasteiger partial charge in [-0.25, -0.2) is 9.67 Å². The van der Waals surface area contributed by atoms with Gasteiger partial charge in [0, 0.05) is 24.2 Å². The molecule has 0 atom stereocenters. The van der Waals surface area contributed by atoms with Crippen LogP contribution in [-0.4, -0.2) is 38.9 Å². The number of ether oxygens (including phenoxy) is 1. The molecule has 0 aliphatic carbocycles. The molecule has 0 fully saturated rings. The molecule has 0 saturated heterocycles. The molecule has 2 aromatic heterocycles. The van der Waals surface area contributed by atoms with Crippen LogP contribution < -0.4 is 20.5 Å². The van der Waals surface area contributed by atoms with Crippen LogP contribution in [0.2, 0.25) is 0 Å². The van der Waals surface area contributed by atoms with Crippen LogP contribution in [0.5, 0.6) is 5.75 Å². The molecule has 6 rings (SSSR count). The summed E-state index contributed by atoms with van der Waals surface area (Å²) in [6.45, 7) is 3.96. The number of hydrogen-bond acceptors (Lipinski definition) is 6. The molecule has 186 valence electrons. The van der Waals surface area contributed by atoms with Crippen molar-refractivity contribution in [3.05, 3.63) is 88.6 Å². The zero-order valence-corrected chi connectivity index (χ0v) is 20.6. The lowest BCUT2D eigenvalue weighted by molar-refractivity contribution is -0.117. The van der Waals surface area contributed by atoms with Crippen LogP contribution >= 0.6 is 0 Å². The minimum atomic E-state index is -0.324. The fraction of sp³-hybridized carbons (Fsp3) is 0.214. The van der Waals surface area contributed by atoms with Crippen LogP contribution in [0.15, 0.2) is 71.5 Å². The molecule has 3 heterocycles. The van der Waals surface area contributed by atoms with Gasteiger partial charge in [0.2, 0.25) is 5.91 Å². The number of para-hydroxylation sites is 2. The third-order valence-electron chi connectivity index (χ3n) is 6.81. The predicted molar refractivity (Wildman–Crippen MR) is 143 cm³/mol. The van der Waals surface area contributed by atoms with Crippen LogP contribution in [-0.2, 0) is 24.4 Å². The quantitative estimate of drug-likeness (QED) is 0.400. The van der Waals surface area contributed by atoms with Crippen LogP contribution in [0, 0.1) is 6.92 Å². The van der Waals surface area contributed by atoms with Crippen LogP contribution in [0.4, 0.5) is 11.4 Å². The number of anilines is 2. The van der Waals surface area contributed by atoms with Crippen molar-refractivity contribution in [2.24, 2.45) is 0 Å². The highest BCUT2D eigenvalue weighted by atomic mass is 16.5. The number of imidazole rings is 1. The summed E-state index contributed by atoms with van der Waals surface area (Å²) in [7, 11) is 1.68. The molecule has 1 aliphatic heterocycles. The first kappa shape index (κ1) is 22.8. The zero-order chi connectivity index (χ0) is 25.5. The molecule has 0 spiro atoms. The van der Waals surface area contributed by atoms with E-state index in [1.807, 2.05) is 61.5 Å². The van der Waals surface area contributed by atoms with E-state index in [9.17, 15) is 9.59 Å².